The number of aromatic nitrogens is 3. The molecule has 0 aliphatic heterocycles. The Kier molecular flexibility index (Phi) is 3.82. The average Bonchev–Trinajstić information content (AvgIpc) is 2.54. The maximum absolute atomic E-state index is 13.1. The normalized spacial score (nSPS) is 10.3. The Balaban J connectivity index is 1.75. The molecular weight excluding hydrogens is 267 g/mol. The van der Waals surface area contributed by atoms with Gasteiger partial charge in [0.2, 0.25) is 0 Å². The molecule has 1 N–H and O–H groups in total. The van der Waals surface area contributed by atoms with Crippen LogP contribution in [-0.4, -0.2) is 15.0 Å². The van der Waals surface area contributed by atoms with E-state index in [2.05, 4.69) is 20.3 Å². The van der Waals surface area contributed by atoms with E-state index in [4.69, 9.17) is 0 Å². The van der Waals surface area contributed by atoms with Crippen LogP contribution in [0.1, 0.15) is 5.56 Å². The van der Waals surface area contributed by atoms with Gasteiger partial charge < -0.3 is 5.32 Å². The Hall–Kier alpha value is -2.82. The molecule has 0 atom stereocenters. The molecule has 3 rings (SSSR count). The van der Waals surface area contributed by atoms with Crippen molar-refractivity contribution in [1.82, 2.24) is 15.0 Å². The van der Waals surface area contributed by atoms with Crippen LogP contribution in [0.15, 0.2) is 61.2 Å². The lowest BCUT2D eigenvalue weighted by molar-refractivity contribution is 0.619. The van der Waals surface area contributed by atoms with Crippen LogP contribution in [-0.2, 0) is 6.54 Å². The second-order valence-electron chi connectivity index (χ2n) is 4.51. The molecule has 0 aromatic carbocycles. The fraction of sp³-hybridized carbons (Fsp3) is 0.0625. The molecule has 0 aliphatic rings. The summed E-state index contributed by atoms with van der Waals surface area (Å²) in [6.45, 7) is 0.470. The van der Waals surface area contributed by atoms with Gasteiger partial charge in [-0.3, -0.25) is 9.97 Å². The maximum atomic E-state index is 13.1. The first kappa shape index (κ1) is 13.2. The highest BCUT2D eigenvalue weighted by molar-refractivity contribution is 5.60. The quantitative estimate of drug-likeness (QED) is 0.796. The molecule has 21 heavy (non-hydrogen) atoms. The SMILES string of the molecule is Fc1cncc(CNc2cccc(-c3ccncc3)n2)c1. The number of anilines is 1. The van der Waals surface area contributed by atoms with Crippen molar-refractivity contribution >= 4 is 5.82 Å². The molecule has 0 unspecified atom stereocenters. The van der Waals surface area contributed by atoms with Crippen LogP contribution in [0.2, 0.25) is 0 Å². The Labute approximate surface area is 121 Å². The number of pyridine rings is 3. The van der Waals surface area contributed by atoms with E-state index in [-0.39, 0.29) is 5.82 Å². The van der Waals surface area contributed by atoms with Crippen LogP contribution in [0, 0.1) is 5.82 Å². The Morgan fingerprint density at radius 1 is 1.00 bits per heavy atom. The lowest BCUT2D eigenvalue weighted by Crippen LogP contribution is -2.02. The van der Waals surface area contributed by atoms with Gasteiger partial charge in [-0.25, -0.2) is 9.37 Å². The van der Waals surface area contributed by atoms with E-state index in [1.165, 1.54) is 12.3 Å². The number of hydrogen-bond acceptors (Lipinski definition) is 4. The van der Waals surface area contributed by atoms with E-state index >= 15 is 0 Å². The van der Waals surface area contributed by atoms with Crippen molar-refractivity contribution in [2.45, 2.75) is 6.54 Å². The molecule has 0 radical (unpaired) electrons. The maximum Gasteiger partial charge on any atom is 0.141 e. The second kappa shape index (κ2) is 6.09. The lowest BCUT2D eigenvalue weighted by Gasteiger charge is -2.07. The molecule has 3 heterocycles. The summed E-state index contributed by atoms with van der Waals surface area (Å²) in [5.74, 6) is 0.390. The van der Waals surface area contributed by atoms with E-state index < -0.39 is 0 Å². The van der Waals surface area contributed by atoms with E-state index in [0.29, 0.717) is 6.54 Å². The number of hydrogen-bond donors (Lipinski definition) is 1. The zero-order chi connectivity index (χ0) is 14.5. The van der Waals surface area contributed by atoms with Crippen molar-refractivity contribution < 1.29 is 4.39 Å². The highest BCUT2D eigenvalue weighted by atomic mass is 19.1. The summed E-state index contributed by atoms with van der Waals surface area (Å²) in [4.78, 5) is 12.3. The van der Waals surface area contributed by atoms with Crippen molar-refractivity contribution in [2.75, 3.05) is 5.32 Å². The van der Waals surface area contributed by atoms with Crippen molar-refractivity contribution in [3.8, 4) is 11.3 Å². The van der Waals surface area contributed by atoms with Gasteiger partial charge in [0.15, 0.2) is 0 Å². The molecule has 0 aliphatic carbocycles. The molecule has 4 nitrogen and oxygen atoms in total. The molecule has 0 bridgehead atoms. The predicted octanol–water partition coefficient (Wildman–Crippen LogP) is 3.29. The molecule has 0 amide bonds. The third kappa shape index (κ3) is 3.39. The lowest BCUT2D eigenvalue weighted by atomic mass is 10.2. The second-order valence-corrected chi connectivity index (χ2v) is 4.51. The van der Waals surface area contributed by atoms with E-state index in [1.807, 2.05) is 30.3 Å². The molecule has 0 fully saturated rings. The Morgan fingerprint density at radius 3 is 2.67 bits per heavy atom. The van der Waals surface area contributed by atoms with Gasteiger partial charge in [0.05, 0.1) is 11.9 Å². The van der Waals surface area contributed by atoms with E-state index in [1.54, 1.807) is 18.6 Å². The van der Waals surface area contributed by atoms with Gasteiger partial charge in [0.25, 0.3) is 0 Å². The fourth-order valence-electron chi connectivity index (χ4n) is 1.96. The summed E-state index contributed by atoms with van der Waals surface area (Å²) in [6.07, 6.45) is 6.28. The van der Waals surface area contributed by atoms with Crippen molar-refractivity contribution in [3.63, 3.8) is 0 Å². The van der Waals surface area contributed by atoms with Gasteiger partial charge in [-0.15, -0.1) is 0 Å². The zero-order valence-corrected chi connectivity index (χ0v) is 11.2. The highest BCUT2D eigenvalue weighted by Crippen LogP contribution is 2.18. The largest absolute Gasteiger partial charge is 0.366 e. The van der Waals surface area contributed by atoms with E-state index in [0.717, 1.165) is 22.6 Å². The monoisotopic (exact) mass is 280 g/mol. The van der Waals surface area contributed by atoms with Crippen molar-refractivity contribution in [1.29, 1.82) is 0 Å². The minimum Gasteiger partial charge on any atom is -0.366 e. The van der Waals surface area contributed by atoms with Gasteiger partial charge >= 0.3 is 0 Å². The minimum atomic E-state index is -0.340. The Bertz CT molecular complexity index is 731. The molecule has 0 spiro atoms. The number of rotatable bonds is 4. The summed E-state index contributed by atoms with van der Waals surface area (Å²) in [5.41, 5.74) is 2.63. The summed E-state index contributed by atoms with van der Waals surface area (Å²) in [6, 6.07) is 11.0. The number of nitrogens with one attached hydrogen (secondary N) is 1. The molecule has 104 valence electrons. The molecule has 3 aromatic heterocycles. The van der Waals surface area contributed by atoms with Crippen molar-refractivity contribution in [3.05, 3.63) is 72.6 Å². The topological polar surface area (TPSA) is 50.7 Å². The molecule has 0 saturated heterocycles. The summed E-state index contributed by atoms with van der Waals surface area (Å²) < 4.78 is 13.1. The first-order chi connectivity index (χ1) is 10.3. The number of halogens is 1. The van der Waals surface area contributed by atoms with Crippen LogP contribution in [0.5, 0.6) is 0 Å². The summed E-state index contributed by atoms with van der Waals surface area (Å²) >= 11 is 0. The van der Waals surface area contributed by atoms with Crippen LogP contribution in [0.25, 0.3) is 11.3 Å². The molecule has 3 aromatic rings. The van der Waals surface area contributed by atoms with Gasteiger partial charge in [-0.2, -0.15) is 0 Å². The molecule has 0 saturated carbocycles. The van der Waals surface area contributed by atoms with Crippen LogP contribution in [0.3, 0.4) is 0 Å². The van der Waals surface area contributed by atoms with E-state index in [9.17, 15) is 4.39 Å². The van der Waals surface area contributed by atoms with Gasteiger partial charge in [0.1, 0.15) is 11.6 Å². The fourth-order valence-corrected chi connectivity index (χ4v) is 1.96. The number of nitrogens with zero attached hydrogens (tertiary/aromatic N) is 3. The standard InChI is InChI=1S/C16H13FN4/c17-14-8-12(9-19-11-14)10-20-16-3-1-2-15(21-16)13-4-6-18-7-5-13/h1-9,11H,10H2,(H,20,21). The van der Waals surface area contributed by atoms with Crippen LogP contribution >= 0.6 is 0 Å². The third-order valence-corrected chi connectivity index (χ3v) is 2.96. The zero-order valence-electron chi connectivity index (χ0n) is 11.2. The molecular formula is C16H13FN4. The minimum absolute atomic E-state index is 0.340. The smallest absolute Gasteiger partial charge is 0.141 e. The molecule has 5 heteroatoms. The summed E-state index contributed by atoms with van der Waals surface area (Å²) in [5, 5.41) is 3.16. The Morgan fingerprint density at radius 2 is 1.86 bits per heavy atom. The van der Waals surface area contributed by atoms with Gasteiger partial charge in [-0.1, -0.05) is 6.07 Å². The van der Waals surface area contributed by atoms with Crippen LogP contribution < -0.4 is 5.32 Å². The van der Waals surface area contributed by atoms with Gasteiger partial charge in [0, 0.05) is 30.7 Å². The third-order valence-electron chi connectivity index (χ3n) is 2.96. The predicted molar refractivity (Wildman–Crippen MR) is 79.0 cm³/mol. The van der Waals surface area contributed by atoms with Gasteiger partial charge in [-0.05, 0) is 35.9 Å². The first-order valence-corrected chi connectivity index (χ1v) is 6.52. The summed E-state index contributed by atoms with van der Waals surface area (Å²) in [7, 11) is 0. The van der Waals surface area contributed by atoms with Crippen LogP contribution in [0.4, 0.5) is 10.2 Å². The average molecular weight is 280 g/mol. The van der Waals surface area contributed by atoms with Crippen molar-refractivity contribution in [2.24, 2.45) is 0 Å². The highest BCUT2D eigenvalue weighted by Gasteiger charge is 2.01. The first-order valence-electron chi connectivity index (χ1n) is 6.52.